The molecule has 0 saturated carbocycles. The predicted octanol–water partition coefficient (Wildman–Crippen LogP) is 3.70. The second-order valence-corrected chi connectivity index (χ2v) is 7.78. The van der Waals surface area contributed by atoms with E-state index in [0.29, 0.717) is 6.04 Å². The third kappa shape index (κ3) is 4.37. The largest absolute Gasteiger partial charge is 0.374 e. The molecule has 2 saturated heterocycles. The van der Waals surface area contributed by atoms with Gasteiger partial charge in [0.15, 0.2) is 0 Å². The minimum Gasteiger partial charge on any atom is -0.374 e. The highest BCUT2D eigenvalue weighted by molar-refractivity contribution is 7.99. The van der Waals surface area contributed by atoms with E-state index < -0.39 is 0 Å². The Hall–Kier alpha value is 0.270. The SMILES string of the molecule is CCNC(CCC1CCOC2(CCSC2)C1)C(C)C. The first-order chi connectivity index (χ1) is 9.15. The van der Waals surface area contributed by atoms with Crippen LogP contribution in [0.5, 0.6) is 0 Å². The lowest BCUT2D eigenvalue weighted by Crippen LogP contribution is -2.40. The van der Waals surface area contributed by atoms with Crippen molar-refractivity contribution in [2.24, 2.45) is 11.8 Å². The average molecular weight is 285 g/mol. The van der Waals surface area contributed by atoms with Crippen molar-refractivity contribution >= 4 is 11.8 Å². The number of ether oxygens (including phenoxy) is 1. The molecule has 0 aromatic rings. The first kappa shape index (κ1) is 15.7. The number of hydrogen-bond acceptors (Lipinski definition) is 3. The fourth-order valence-electron chi connectivity index (χ4n) is 3.59. The van der Waals surface area contributed by atoms with Crippen LogP contribution in [0.3, 0.4) is 0 Å². The molecule has 1 N–H and O–H groups in total. The third-order valence-corrected chi connectivity index (χ3v) is 6.04. The van der Waals surface area contributed by atoms with Gasteiger partial charge in [0.05, 0.1) is 5.60 Å². The van der Waals surface area contributed by atoms with E-state index >= 15 is 0 Å². The molecule has 3 unspecified atom stereocenters. The lowest BCUT2D eigenvalue weighted by molar-refractivity contribution is -0.0811. The second kappa shape index (κ2) is 7.33. The summed E-state index contributed by atoms with van der Waals surface area (Å²) in [5, 5.41) is 3.65. The molecule has 0 aromatic heterocycles. The molecule has 3 atom stereocenters. The number of nitrogens with one attached hydrogen (secondary N) is 1. The van der Waals surface area contributed by atoms with Gasteiger partial charge in [-0.05, 0) is 56.2 Å². The fraction of sp³-hybridized carbons (Fsp3) is 1.00. The van der Waals surface area contributed by atoms with Crippen molar-refractivity contribution in [2.45, 2.75) is 64.5 Å². The van der Waals surface area contributed by atoms with Crippen LogP contribution >= 0.6 is 11.8 Å². The van der Waals surface area contributed by atoms with Crippen LogP contribution in [0.4, 0.5) is 0 Å². The van der Waals surface area contributed by atoms with Crippen LogP contribution in [0.15, 0.2) is 0 Å². The van der Waals surface area contributed by atoms with Crippen molar-refractivity contribution in [1.29, 1.82) is 0 Å². The zero-order valence-electron chi connectivity index (χ0n) is 12.9. The van der Waals surface area contributed by atoms with Crippen LogP contribution in [0.2, 0.25) is 0 Å². The summed E-state index contributed by atoms with van der Waals surface area (Å²) in [7, 11) is 0. The molecule has 0 radical (unpaired) electrons. The van der Waals surface area contributed by atoms with Crippen LogP contribution in [0.1, 0.15) is 52.9 Å². The number of hydrogen-bond donors (Lipinski definition) is 1. The summed E-state index contributed by atoms with van der Waals surface area (Å²) in [6, 6.07) is 0.696. The molecule has 2 fully saturated rings. The summed E-state index contributed by atoms with van der Waals surface area (Å²) in [6.45, 7) is 8.99. The minimum atomic E-state index is 0.263. The molecule has 112 valence electrons. The van der Waals surface area contributed by atoms with Crippen molar-refractivity contribution in [2.75, 3.05) is 24.7 Å². The molecule has 0 aliphatic carbocycles. The lowest BCUT2D eigenvalue weighted by atomic mass is 9.81. The van der Waals surface area contributed by atoms with Crippen molar-refractivity contribution in [3.8, 4) is 0 Å². The molecule has 19 heavy (non-hydrogen) atoms. The van der Waals surface area contributed by atoms with Gasteiger partial charge in [-0.3, -0.25) is 0 Å². The van der Waals surface area contributed by atoms with Gasteiger partial charge in [0.1, 0.15) is 0 Å². The van der Waals surface area contributed by atoms with Gasteiger partial charge in [-0.2, -0.15) is 11.8 Å². The Kier molecular flexibility index (Phi) is 6.04. The predicted molar refractivity (Wildman–Crippen MR) is 84.9 cm³/mol. The van der Waals surface area contributed by atoms with E-state index in [0.717, 1.165) is 25.0 Å². The molecule has 0 aromatic carbocycles. The van der Waals surface area contributed by atoms with Crippen molar-refractivity contribution in [1.82, 2.24) is 5.32 Å². The topological polar surface area (TPSA) is 21.3 Å². The summed E-state index contributed by atoms with van der Waals surface area (Å²) in [5.41, 5.74) is 0.263. The maximum Gasteiger partial charge on any atom is 0.0783 e. The first-order valence-corrected chi connectivity index (χ1v) is 9.26. The van der Waals surface area contributed by atoms with E-state index in [2.05, 4.69) is 37.8 Å². The third-order valence-electron chi connectivity index (χ3n) is 4.82. The molecular weight excluding hydrogens is 254 g/mol. The summed E-state index contributed by atoms with van der Waals surface area (Å²) in [5.74, 6) is 4.19. The lowest BCUT2D eigenvalue weighted by Gasteiger charge is -2.38. The van der Waals surface area contributed by atoms with Gasteiger partial charge < -0.3 is 10.1 Å². The van der Waals surface area contributed by atoms with Crippen molar-refractivity contribution in [3.63, 3.8) is 0 Å². The second-order valence-electron chi connectivity index (χ2n) is 6.68. The van der Waals surface area contributed by atoms with Crippen LogP contribution in [0.25, 0.3) is 0 Å². The molecule has 2 heterocycles. The van der Waals surface area contributed by atoms with Crippen LogP contribution in [-0.2, 0) is 4.74 Å². The van der Waals surface area contributed by atoms with Gasteiger partial charge in [-0.25, -0.2) is 0 Å². The van der Waals surface area contributed by atoms with Crippen LogP contribution < -0.4 is 5.32 Å². The molecule has 2 aliphatic heterocycles. The van der Waals surface area contributed by atoms with Gasteiger partial charge in [0, 0.05) is 18.4 Å². The maximum absolute atomic E-state index is 6.12. The Labute approximate surface area is 123 Å². The van der Waals surface area contributed by atoms with E-state index in [-0.39, 0.29) is 5.60 Å². The Morgan fingerprint density at radius 2 is 2.26 bits per heavy atom. The Morgan fingerprint density at radius 3 is 2.89 bits per heavy atom. The van der Waals surface area contributed by atoms with Gasteiger partial charge in [-0.15, -0.1) is 0 Å². The smallest absolute Gasteiger partial charge is 0.0783 e. The monoisotopic (exact) mass is 285 g/mol. The highest BCUT2D eigenvalue weighted by Gasteiger charge is 2.40. The van der Waals surface area contributed by atoms with E-state index in [1.54, 1.807) is 0 Å². The fourth-order valence-corrected chi connectivity index (χ4v) is 4.97. The molecule has 1 spiro atoms. The van der Waals surface area contributed by atoms with Gasteiger partial charge >= 0.3 is 0 Å². The minimum absolute atomic E-state index is 0.263. The average Bonchev–Trinajstić information content (AvgIpc) is 2.82. The Balaban J connectivity index is 1.78. The summed E-state index contributed by atoms with van der Waals surface area (Å²) in [6.07, 6.45) is 6.60. The molecule has 0 bridgehead atoms. The van der Waals surface area contributed by atoms with Crippen LogP contribution in [0, 0.1) is 11.8 Å². The summed E-state index contributed by atoms with van der Waals surface area (Å²) in [4.78, 5) is 0. The molecule has 3 heteroatoms. The zero-order chi connectivity index (χ0) is 13.7. The van der Waals surface area contributed by atoms with Gasteiger partial charge in [0.2, 0.25) is 0 Å². The van der Waals surface area contributed by atoms with Crippen molar-refractivity contribution < 1.29 is 4.74 Å². The Bertz CT molecular complexity index is 263. The first-order valence-electron chi connectivity index (χ1n) is 8.10. The van der Waals surface area contributed by atoms with Gasteiger partial charge in [-0.1, -0.05) is 20.8 Å². The van der Waals surface area contributed by atoms with Crippen LogP contribution in [-0.4, -0.2) is 36.3 Å². The highest BCUT2D eigenvalue weighted by atomic mass is 32.2. The number of thioether (sulfide) groups is 1. The molecule has 2 rings (SSSR count). The van der Waals surface area contributed by atoms with E-state index in [9.17, 15) is 0 Å². The molecule has 2 nitrogen and oxygen atoms in total. The van der Waals surface area contributed by atoms with Gasteiger partial charge in [0.25, 0.3) is 0 Å². The van der Waals surface area contributed by atoms with Crippen molar-refractivity contribution in [3.05, 3.63) is 0 Å². The molecule has 2 aliphatic rings. The standard InChI is InChI=1S/C16H31NOS/c1-4-17-15(13(2)3)6-5-14-7-9-18-16(11-14)8-10-19-12-16/h13-15,17H,4-12H2,1-3H3. The summed E-state index contributed by atoms with van der Waals surface area (Å²) >= 11 is 2.08. The van der Waals surface area contributed by atoms with E-state index in [4.69, 9.17) is 4.74 Å². The van der Waals surface area contributed by atoms with E-state index in [1.165, 1.54) is 43.6 Å². The quantitative estimate of drug-likeness (QED) is 0.804. The Morgan fingerprint density at radius 1 is 1.42 bits per heavy atom. The molecule has 0 amide bonds. The molecular formula is C16H31NOS. The van der Waals surface area contributed by atoms with E-state index in [1.807, 2.05) is 0 Å². The maximum atomic E-state index is 6.12. The summed E-state index contributed by atoms with van der Waals surface area (Å²) < 4.78 is 6.12. The highest BCUT2D eigenvalue weighted by Crippen LogP contribution is 2.41. The number of rotatable bonds is 6. The zero-order valence-corrected chi connectivity index (χ0v) is 13.7. The normalized spacial score (nSPS) is 33.2.